The maximum absolute atomic E-state index is 12.7. The van der Waals surface area contributed by atoms with Gasteiger partial charge in [0.25, 0.3) is 0 Å². The molecule has 1 aromatic heterocycles. The lowest BCUT2D eigenvalue weighted by Crippen LogP contribution is -2.47. The van der Waals surface area contributed by atoms with Gasteiger partial charge >= 0.3 is 0 Å². The molecule has 31 heavy (non-hydrogen) atoms. The van der Waals surface area contributed by atoms with E-state index < -0.39 is 0 Å². The number of benzene rings is 2. The lowest BCUT2D eigenvalue weighted by atomic mass is 9.90. The zero-order valence-corrected chi connectivity index (χ0v) is 18.5. The van der Waals surface area contributed by atoms with Gasteiger partial charge in [-0.15, -0.1) is 0 Å². The molecule has 1 heterocycles. The van der Waals surface area contributed by atoms with Gasteiger partial charge in [0, 0.05) is 35.6 Å². The number of fused-ring (bicyclic) bond motifs is 1. The Kier molecular flexibility index (Phi) is 6.92. The van der Waals surface area contributed by atoms with Crippen LogP contribution >= 0.6 is 0 Å². The Labute approximate surface area is 184 Å². The predicted molar refractivity (Wildman–Crippen MR) is 126 cm³/mol. The van der Waals surface area contributed by atoms with Gasteiger partial charge in [0.15, 0.2) is 0 Å². The number of para-hydroxylation sites is 1. The van der Waals surface area contributed by atoms with Crippen molar-refractivity contribution in [1.29, 1.82) is 0 Å². The molecule has 164 valence electrons. The first-order valence-electron chi connectivity index (χ1n) is 11.4. The van der Waals surface area contributed by atoms with Gasteiger partial charge in [-0.05, 0) is 49.1 Å². The minimum atomic E-state index is -0.243. The van der Waals surface area contributed by atoms with Gasteiger partial charge in [-0.3, -0.25) is 4.79 Å². The van der Waals surface area contributed by atoms with Gasteiger partial charge < -0.3 is 20.4 Å². The second-order valence-electron chi connectivity index (χ2n) is 8.59. The number of nitrogens with one attached hydrogen (secondary N) is 3. The molecule has 1 fully saturated rings. The van der Waals surface area contributed by atoms with Gasteiger partial charge in [-0.1, -0.05) is 49.6 Å². The number of carbonyl (C=O) groups is 1. The van der Waals surface area contributed by atoms with Crippen molar-refractivity contribution in [3.8, 4) is 5.75 Å². The molecule has 0 aliphatic heterocycles. The smallest absolute Gasteiger partial charge is 0.237 e. The van der Waals surface area contributed by atoms with Crippen LogP contribution in [-0.2, 0) is 4.79 Å². The second kappa shape index (κ2) is 10.0. The van der Waals surface area contributed by atoms with Crippen LogP contribution in [0.1, 0.15) is 56.1 Å². The number of aromatic nitrogens is 1. The highest BCUT2D eigenvalue weighted by Gasteiger charge is 2.23. The number of amides is 1. The van der Waals surface area contributed by atoms with Gasteiger partial charge in [0.05, 0.1) is 13.2 Å². The van der Waals surface area contributed by atoms with Crippen LogP contribution in [-0.4, -0.2) is 36.6 Å². The number of aromatic amines is 1. The van der Waals surface area contributed by atoms with Crippen molar-refractivity contribution in [2.45, 2.75) is 57.0 Å². The van der Waals surface area contributed by atoms with Gasteiger partial charge in [-0.2, -0.15) is 0 Å². The fourth-order valence-corrected chi connectivity index (χ4v) is 4.59. The van der Waals surface area contributed by atoms with E-state index in [0.717, 1.165) is 24.1 Å². The first-order chi connectivity index (χ1) is 15.2. The first-order valence-corrected chi connectivity index (χ1v) is 11.4. The Hall–Kier alpha value is -2.79. The van der Waals surface area contributed by atoms with Crippen LogP contribution in [0.15, 0.2) is 54.7 Å². The van der Waals surface area contributed by atoms with Crippen molar-refractivity contribution in [2.75, 3.05) is 13.7 Å². The second-order valence-corrected chi connectivity index (χ2v) is 8.59. The highest BCUT2D eigenvalue weighted by atomic mass is 16.5. The molecule has 5 heteroatoms. The quantitative estimate of drug-likeness (QED) is 0.494. The third kappa shape index (κ3) is 5.10. The third-order valence-electron chi connectivity index (χ3n) is 6.49. The number of hydrogen-bond acceptors (Lipinski definition) is 3. The number of H-pyrrole nitrogens is 1. The summed E-state index contributed by atoms with van der Waals surface area (Å²) in [5, 5.41) is 7.94. The molecule has 1 aliphatic rings. The molecule has 1 amide bonds. The van der Waals surface area contributed by atoms with E-state index in [1.54, 1.807) is 7.11 Å². The first kappa shape index (κ1) is 21.4. The standard InChI is InChI=1S/C26H33N3O2/c1-18(26(30)29-20-8-4-3-5-9-20)27-16-23(19-12-14-21(31-2)15-13-19)24-17-28-25-11-7-6-10-22(24)25/h6-7,10-15,17-18,20,23,27-28H,3-5,8-9,16H2,1-2H3,(H,29,30)/t18-,23+/m0/s1. The predicted octanol–water partition coefficient (Wildman–Crippen LogP) is 4.74. The van der Waals surface area contributed by atoms with Crippen LogP contribution in [0.4, 0.5) is 0 Å². The minimum absolute atomic E-state index is 0.0966. The van der Waals surface area contributed by atoms with E-state index in [1.807, 2.05) is 25.1 Å². The summed E-state index contributed by atoms with van der Waals surface area (Å²) in [5.41, 5.74) is 3.55. The lowest BCUT2D eigenvalue weighted by Gasteiger charge is -2.26. The van der Waals surface area contributed by atoms with Crippen LogP contribution in [0, 0.1) is 0 Å². The van der Waals surface area contributed by atoms with E-state index in [4.69, 9.17) is 4.74 Å². The van der Waals surface area contributed by atoms with Gasteiger partial charge in [0.2, 0.25) is 5.91 Å². The monoisotopic (exact) mass is 419 g/mol. The minimum Gasteiger partial charge on any atom is -0.497 e. The molecule has 1 saturated carbocycles. The van der Waals surface area contributed by atoms with Crippen LogP contribution in [0.25, 0.3) is 10.9 Å². The van der Waals surface area contributed by atoms with Crippen molar-refractivity contribution in [1.82, 2.24) is 15.6 Å². The van der Waals surface area contributed by atoms with E-state index >= 15 is 0 Å². The molecule has 0 spiro atoms. The fourth-order valence-electron chi connectivity index (χ4n) is 4.59. The molecule has 5 nitrogen and oxygen atoms in total. The Morgan fingerprint density at radius 3 is 2.58 bits per heavy atom. The van der Waals surface area contributed by atoms with Crippen LogP contribution in [0.2, 0.25) is 0 Å². The van der Waals surface area contributed by atoms with E-state index in [9.17, 15) is 4.79 Å². The average Bonchev–Trinajstić information content (AvgIpc) is 3.24. The summed E-state index contributed by atoms with van der Waals surface area (Å²) < 4.78 is 5.34. The zero-order valence-electron chi connectivity index (χ0n) is 18.5. The van der Waals surface area contributed by atoms with E-state index in [2.05, 4.69) is 52.1 Å². The number of ether oxygens (including phenoxy) is 1. The number of methoxy groups -OCH3 is 1. The summed E-state index contributed by atoms with van der Waals surface area (Å²) in [6.07, 6.45) is 8.01. The van der Waals surface area contributed by atoms with Crippen LogP contribution in [0.3, 0.4) is 0 Å². The number of rotatable bonds is 8. The summed E-state index contributed by atoms with van der Waals surface area (Å²) in [5.74, 6) is 1.06. The Morgan fingerprint density at radius 1 is 1.10 bits per heavy atom. The Balaban J connectivity index is 1.51. The van der Waals surface area contributed by atoms with Gasteiger partial charge in [-0.25, -0.2) is 0 Å². The topological polar surface area (TPSA) is 66.2 Å². The summed E-state index contributed by atoms with van der Waals surface area (Å²) in [7, 11) is 1.68. The molecular formula is C26H33N3O2. The highest BCUT2D eigenvalue weighted by molar-refractivity contribution is 5.84. The van der Waals surface area contributed by atoms with E-state index in [1.165, 1.54) is 35.8 Å². The molecule has 0 radical (unpaired) electrons. The summed E-state index contributed by atoms with van der Waals surface area (Å²) in [6.45, 7) is 2.63. The van der Waals surface area contributed by atoms with E-state index in [0.29, 0.717) is 12.6 Å². The third-order valence-corrected chi connectivity index (χ3v) is 6.49. The molecule has 1 aliphatic carbocycles. The molecule has 3 N–H and O–H groups in total. The molecule has 3 aromatic rings. The lowest BCUT2D eigenvalue weighted by molar-refractivity contribution is -0.123. The zero-order chi connectivity index (χ0) is 21.6. The molecule has 2 atom stereocenters. The van der Waals surface area contributed by atoms with Crippen molar-refractivity contribution in [2.24, 2.45) is 0 Å². The van der Waals surface area contributed by atoms with Crippen molar-refractivity contribution >= 4 is 16.8 Å². The summed E-state index contributed by atoms with van der Waals surface area (Å²) >= 11 is 0. The largest absolute Gasteiger partial charge is 0.497 e. The van der Waals surface area contributed by atoms with Crippen molar-refractivity contribution < 1.29 is 9.53 Å². The van der Waals surface area contributed by atoms with E-state index in [-0.39, 0.29) is 17.9 Å². The number of carbonyl (C=O) groups excluding carboxylic acids is 1. The van der Waals surface area contributed by atoms with Crippen LogP contribution in [0.5, 0.6) is 5.75 Å². The maximum Gasteiger partial charge on any atom is 0.237 e. The molecule has 2 aromatic carbocycles. The number of hydrogen-bond donors (Lipinski definition) is 3. The maximum atomic E-state index is 12.7. The summed E-state index contributed by atoms with van der Waals surface area (Å²) in [6, 6.07) is 16.7. The molecule has 0 saturated heterocycles. The van der Waals surface area contributed by atoms with Crippen LogP contribution < -0.4 is 15.4 Å². The molecule has 0 bridgehead atoms. The highest BCUT2D eigenvalue weighted by Crippen LogP contribution is 2.31. The van der Waals surface area contributed by atoms with Crippen molar-refractivity contribution in [3.63, 3.8) is 0 Å². The van der Waals surface area contributed by atoms with Crippen molar-refractivity contribution in [3.05, 3.63) is 65.9 Å². The molecule has 0 unspecified atom stereocenters. The average molecular weight is 420 g/mol. The Bertz CT molecular complexity index is 989. The fraction of sp³-hybridized carbons (Fsp3) is 0.423. The Morgan fingerprint density at radius 2 is 1.84 bits per heavy atom. The normalized spacial score (nSPS) is 16.7. The molecule has 4 rings (SSSR count). The van der Waals surface area contributed by atoms with Gasteiger partial charge in [0.1, 0.15) is 5.75 Å². The summed E-state index contributed by atoms with van der Waals surface area (Å²) in [4.78, 5) is 16.1. The SMILES string of the molecule is COc1ccc([C@@H](CN[C@@H](C)C(=O)NC2CCCCC2)c2c[nH]c3ccccc23)cc1. The molecular weight excluding hydrogens is 386 g/mol.